The number of aryl methyl sites for hydroxylation is 1. The molecular formula is C19H24ClN3O5S. The molecule has 10 heteroatoms. The van der Waals surface area contributed by atoms with E-state index in [1.54, 1.807) is 6.07 Å². The zero-order valence-corrected chi connectivity index (χ0v) is 17.8. The van der Waals surface area contributed by atoms with Gasteiger partial charge in [0, 0.05) is 25.2 Å². The summed E-state index contributed by atoms with van der Waals surface area (Å²) < 4.78 is 36.5. The number of benzene rings is 1. The first kappa shape index (κ1) is 21.6. The van der Waals surface area contributed by atoms with Crippen LogP contribution in [0.4, 0.5) is 5.69 Å². The lowest BCUT2D eigenvalue weighted by molar-refractivity contribution is 0.0117. The summed E-state index contributed by atoms with van der Waals surface area (Å²) in [6, 6.07) is 8.13. The lowest BCUT2D eigenvalue weighted by Gasteiger charge is -2.33. The second-order valence-corrected chi connectivity index (χ2v) is 9.05. The van der Waals surface area contributed by atoms with Crippen LogP contribution < -0.4 is 10.0 Å². The number of rotatable bonds is 7. The molecule has 1 saturated heterocycles. The first-order valence-corrected chi connectivity index (χ1v) is 11.4. The van der Waals surface area contributed by atoms with Crippen LogP contribution in [0.25, 0.3) is 0 Å². The Kier molecular flexibility index (Phi) is 6.84. The molecule has 1 amide bonds. The monoisotopic (exact) mass is 441 g/mol. The van der Waals surface area contributed by atoms with Crippen molar-refractivity contribution in [3.8, 4) is 0 Å². The zero-order chi connectivity index (χ0) is 21.0. The van der Waals surface area contributed by atoms with Crippen molar-refractivity contribution in [2.45, 2.75) is 13.0 Å². The summed E-state index contributed by atoms with van der Waals surface area (Å²) in [6.45, 7) is 4.95. The predicted octanol–water partition coefficient (Wildman–Crippen LogP) is 2.42. The number of amides is 1. The summed E-state index contributed by atoms with van der Waals surface area (Å²) in [5, 5.41) is 3.12. The quantitative estimate of drug-likeness (QED) is 0.684. The van der Waals surface area contributed by atoms with E-state index in [0.717, 1.165) is 30.9 Å². The molecule has 29 heavy (non-hydrogen) atoms. The molecule has 0 radical (unpaired) electrons. The van der Waals surface area contributed by atoms with Crippen molar-refractivity contribution >= 4 is 33.2 Å². The number of furan rings is 1. The second-order valence-electron chi connectivity index (χ2n) is 6.89. The fraction of sp³-hybridized carbons (Fsp3) is 0.421. The molecule has 0 bridgehead atoms. The molecule has 0 aliphatic carbocycles. The average molecular weight is 442 g/mol. The number of carbonyl (C=O) groups is 1. The number of nitrogens with zero attached hydrogens (tertiary/aromatic N) is 1. The number of nitrogens with one attached hydrogen (secondary N) is 2. The first-order chi connectivity index (χ1) is 13.7. The summed E-state index contributed by atoms with van der Waals surface area (Å²) in [7, 11) is -3.51. The van der Waals surface area contributed by atoms with Crippen molar-refractivity contribution in [3.63, 3.8) is 0 Å². The highest BCUT2D eigenvalue weighted by atomic mass is 35.5. The maximum Gasteiger partial charge on any atom is 0.251 e. The summed E-state index contributed by atoms with van der Waals surface area (Å²) in [5.41, 5.74) is 0.463. The van der Waals surface area contributed by atoms with Crippen molar-refractivity contribution in [2.24, 2.45) is 0 Å². The topological polar surface area (TPSA) is 101 Å². The van der Waals surface area contributed by atoms with Crippen LogP contribution in [0.3, 0.4) is 0 Å². The molecular weight excluding hydrogens is 418 g/mol. The lowest BCUT2D eigenvalue weighted by atomic mass is 10.1. The molecule has 1 unspecified atom stereocenters. The van der Waals surface area contributed by atoms with Crippen LogP contribution in [-0.2, 0) is 14.8 Å². The third-order valence-electron chi connectivity index (χ3n) is 4.56. The Morgan fingerprint density at radius 1 is 1.24 bits per heavy atom. The van der Waals surface area contributed by atoms with Gasteiger partial charge in [-0.3, -0.25) is 14.4 Å². The number of ether oxygens (including phenoxy) is 1. The molecule has 3 rings (SSSR count). The van der Waals surface area contributed by atoms with Crippen molar-refractivity contribution in [2.75, 3.05) is 43.8 Å². The van der Waals surface area contributed by atoms with Gasteiger partial charge in [0.25, 0.3) is 5.91 Å². The van der Waals surface area contributed by atoms with Gasteiger partial charge in [0.15, 0.2) is 0 Å². The van der Waals surface area contributed by atoms with Gasteiger partial charge in [-0.25, -0.2) is 8.42 Å². The highest BCUT2D eigenvalue weighted by Crippen LogP contribution is 2.25. The summed E-state index contributed by atoms with van der Waals surface area (Å²) in [5.74, 6) is 1.25. The predicted molar refractivity (Wildman–Crippen MR) is 111 cm³/mol. The lowest BCUT2D eigenvalue weighted by Crippen LogP contribution is -2.43. The summed E-state index contributed by atoms with van der Waals surface area (Å²) in [4.78, 5) is 14.9. The molecule has 158 valence electrons. The Bertz CT molecular complexity index is 970. The third kappa shape index (κ3) is 5.96. The Hall–Kier alpha value is -2.07. The van der Waals surface area contributed by atoms with E-state index in [2.05, 4.69) is 14.9 Å². The molecule has 1 atom stereocenters. The minimum atomic E-state index is -3.51. The Morgan fingerprint density at radius 2 is 1.97 bits per heavy atom. The van der Waals surface area contributed by atoms with E-state index < -0.39 is 10.0 Å². The van der Waals surface area contributed by atoms with Crippen molar-refractivity contribution < 1.29 is 22.4 Å². The maximum atomic E-state index is 12.7. The number of halogens is 1. The summed E-state index contributed by atoms with van der Waals surface area (Å²) >= 11 is 6.03. The Balaban J connectivity index is 1.73. The minimum Gasteiger partial charge on any atom is -0.465 e. The minimum absolute atomic E-state index is 0.127. The van der Waals surface area contributed by atoms with Gasteiger partial charge in [-0.2, -0.15) is 0 Å². The molecule has 1 aromatic heterocycles. The maximum absolute atomic E-state index is 12.7. The molecule has 8 nitrogen and oxygen atoms in total. The smallest absolute Gasteiger partial charge is 0.251 e. The molecule has 1 fully saturated rings. The zero-order valence-electron chi connectivity index (χ0n) is 16.3. The normalized spacial score (nSPS) is 16.4. The average Bonchev–Trinajstić information content (AvgIpc) is 3.09. The van der Waals surface area contributed by atoms with Crippen LogP contribution in [0.2, 0.25) is 5.02 Å². The largest absolute Gasteiger partial charge is 0.465 e. The van der Waals surface area contributed by atoms with Crippen LogP contribution in [-0.4, -0.2) is 58.3 Å². The van der Waals surface area contributed by atoms with Gasteiger partial charge in [0.1, 0.15) is 11.5 Å². The number of anilines is 1. The number of hydrogen-bond acceptors (Lipinski definition) is 6. The van der Waals surface area contributed by atoms with Crippen molar-refractivity contribution in [1.82, 2.24) is 10.2 Å². The fourth-order valence-electron chi connectivity index (χ4n) is 3.17. The van der Waals surface area contributed by atoms with E-state index in [-0.39, 0.29) is 22.7 Å². The van der Waals surface area contributed by atoms with Crippen LogP contribution in [0, 0.1) is 6.92 Å². The highest BCUT2D eigenvalue weighted by molar-refractivity contribution is 7.92. The van der Waals surface area contributed by atoms with E-state index in [1.165, 1.54) is 12.1 Å². The molecule has 2 aromatic rings. The van der Waals surface area contributed by atoms with E-state index >= 15 is 0 Å². The molecule has 1 aliphatic heterocycles. The Labute approximate surface area is 175 Å². The molecule has 2 heterocycles. The molecule has 0 spiro atoms. The van der Waals surface area contributed by atoms with Gasteiger partial charge >= 0.3 is 0 Å². The van der Waals surface area contributed by atoms with Crippen molar-refractivity contribution in [1.29, 1.82) is 0 Å². The standard InChI is InChI=1S/C19H24ClN3O5S/c1-13-3-6-18(28-13)17(23-7-9-27-10-8-23)12-21-19(24)14-4-5-15(20)16(11-14)22-29(2,25)26/h3-6,11,17,22H,7-10,12H2,1-2H3,(H,21,24). The number of carbonyl (C=O) groups excluding carboxylic acids is 1. The van der Waals surface area contributed by atoms with E-state index in [0.29, 0.717) is 25.3 Å². The van der Waals surface area contributed by atoms with Crippen molar-refractivity contribution in [3.05, 3.63) is 52.4 Å². The molecule has 2 N–H and O–H groups in total. The number of hydrogen-bond donors (Lipinski definition) is 2. The van der Waals surface area contributed by atoms with Crippen LogP contribution in [0.1, 0.15) is 27.9 Å². The Morgan fingerprint density at radius 3 is 2.59 bits per heavy atom. The molecule has 1 aliphatic rings. The van der Waals surface area contributed by atoms with Gasteiger partial charge in [0.2, 0.25) is 10.0 Å². The molecule has 0 saturated carbocycles. The van der Waals surface area contributed by atoms with Crippen LogP contribution in [0.15, 0.2) is 34.7 Å². The van der Waals surface area contributed by atoms with E-state index in [4.69, 9.17) is 20.8 Å². The van der Waals surface area contributed by atoms with Gasteiger partial charge in [0.05, 0.1) is 36.2 Å². The number of morpholine rings is 1. The van der Waals surface area contributed by atoms with Gasteiger partial charge in [-0.05, 0) is 37.3 Å². The third-order valence-corrected chi connectivity index (χ3v) is 5.48. The molecule has 1 aromatic carbocycles. The van der Waals surface area contributed by atoms with Gasteiger partial charge in [-0.1, -0.05) is 11.6 Å². The fourth-order valence-corrected chi connectivity index (χ4v) is 3.96. The van der Waals surface area contributed by atoms with E-state index in [9.17, 15) is 13.2 Å². The number of sulfonamides is 1. The summed E-state index contributed by atoms with van der Waals surface area (Å²) in [6.07, 6.45) is 1.02. The first-order valence-electron chi connectivity index (χ1n) is 9.16. The van der Waals surface area contributed by atoms with E-state index in [1.807, 2.05) is 19.1 Å². The highest BCUT2D eigenvalue weighted by Gasteiger charge is 2.26. The SMILES string of the molecule is Cc1ccc(C(CNC(=O)c2ccc(Cl)c(NS(C)(=O)=O)c2)N2CCOCC2)o1. The van der Waals surface area contributed by atoms with Gasteiger partial charge < -0.3 is 14.5 Å². The second kappa shape index (κ2) is 9.17. The van der Waals surface area contributed by atoms with Crippen LogP contribution in [0.5, 0.6) is 0 Å². The van der Waals surface area contributed by atoms with Gasteiger partial charge in [-0.15, -0.1) is 0 Å². The van der Waals surface area contributed by atoms with Crippen LogP contribution >= 0.6 is 11.6 Å².